The number of hydrogen-bond acceptors (Lipinski definition) is 4. The van der Waals surface area contributed by atoms with E-state index >= 15 is 0 Å². The van der Waals surface area contributed by atoms with E-state index in [1.54, 1.807) is 12.1 Å². The highest BCUT2D eigenvalue weighted by atomic mass is 35.5. The topological polar surface area (TPSA) is 76.7 Å². The lowest BCUT2D eigenvalue weighted by Crippen LogP contribution is -2.59. The number of nitrogens with one attached hydrogen (secondary N) is 2. The fourth-order valence-corrected chi connectivity index (χ4v) is 7.13. The molecule has 2 amide bonds. The number of halogens is 2. The van der Waals surface area contributed by atoms with Gasteiger partial charge in [-0.3, -0.25) is 9.59 Å². The first-order valence-electron chi connectivity index (χ1n) is 14.1. The van der Waals surface area contributed by atoms with Crippen LogP contribution in [0.5, 0.6) is 0 Å². The summed E-state index contributed by atoms with van der Waals surface area (Å²) in [5.41, 5.74) is 1.45. The van der Waals surface area contributed by atoms with E-state index in [1.165, 1.54) is 12.5 Å². The third-order valence-electron chi connectivity index (χ3n) is 9.44. The molecule has 9 heteroatoms. The Morgan fingerprint density at radius 1 is 1.05 bits per heavy atom. The van der Waals surface area contributed by atoms with Gasteiger partial charge in [0, 0.05) is 11.4 Å². The van der Waals surface area contributed by atoms with Gasteiger partial charge in [-0.15, -0.1) is 0 Å². The van der Waals surface area contributed by atoms with Crippen LogP contribution in [-0.4, -0.2) is 43.1 Å². The van der Waals surface area contributed by atoms with Gasteiger partial charge < -0.3 is 19.9 Å². The van der Waals surface area contributed by atoms with Gasteiger partial charge in [0.2, 0.25) is 5.91 Å². The highest BCUT2D eigenvalue weighted by Gasteiger charge is 2.63. The Morgan fingerprint density at radius 2 is 1.82 bits per heavy atom. The van der Waals surface area contributed by atoms with Crippen LogP contribution in [0.4, 0.5) is 0 Å². The van der Waals surface area contributed by atoms with E-state index < -0.39 is 19.1 Å². The Kier molecular flexibility index (Phi) is 7.47. The Balaban J connectivity index is 1.19. The van der Waals surface area contributed by atoms with Gasteiger partial charge in [-0.25, -0.2) is 0 Å². The van der Waals surface area contributed by atoms with E-state index in [9.17, 15) is 9.59 Å². The molecular formula is C30H35BCl2N2O4. The molecule has 0 spiro atoms. The summed E-state index contributed by atoms with van der Waals surface area (Å²) in [7, 11) is -0.477. The maximum absolute atomic E-state index is 13.8. The molecular weight excluding hydrogens is 534 g/mol. The van der Waals surface area contributed by atoms with Gasteiger partial charge in [0.25, 0.3) is 5.91 Å². The first kappa shape index (κ1) is 27.1. The summed E-state index contributed by atoms with van der Waals surface area (Å²) in [6, 6.07) is 13.6. The first-order valence-corrected chi connectivity index (χ1v) is 14.9. The second-order valence-electron chi connectivity index (χ2n) is 12.4. The summed E-state index contributed by atoms with van der Waals surface area (Å²) in [6.07, 6.45) is 5.83. The second kappa shape index (κ2) is 10.7. The van der Waals surface area contributed by atoms with Gasteiger partial charge in [-0.05, 0) is 66.2 Å². The van der Waals surface area contributed by atoms with Gasteiger partial charge in [0.1, 0.15) is 6.04 Å². The van der Waals surface area contributed by atoms with Crippen LogP contribution >= 0.6 is 23.2 Å². The molecule has 1 heterocycles. The number of benzene rings is 2. The molecule has 2 bridgehead atoms. The third kappa shape index (κ3) is 5.61. The highest BCUT2D eigenvalue weighted by Crippen LogP contribution is 2.61. The fraction of sp³-hybridized carbons (Fsp3) is 0.533. The molecule has 1 aliphatic heterocycles. The molecule has 2 aromatic rings. The number of carbonyl (C=O) groups is 2. The van der Waals surface area contributed by atoms with Crippen molar-refractivity contribution in [1.29, 1.82) is 0 Å². The predicted octanol–water partition coefficient (Wildman–Crippen LogP) is 5.50. The maximum Gasteiger partial charge on any atom is 0.481 e. The molecule has 6 nitrogen and oxygen atoms in total. The average Bonchev–Trinajstić information content (AvgIpc) is 3.63. The van der Waals surface area contributed by atoms with Crippen molar-refractivity contribution in [2.75, 3.05) is 0 Å². The smallest absolute Gasteiger partial charge is 0.404 e. The van der Waals surface area contributed by atoms with Gasteiger partial charge in [-0.2, -0.15) is 0 Å². The number of hydrogen-bond donors (Lipinski definition) is 2. The van der Waals surface area contributed by atoms with Crippen molar-refractivity contribution < 1.29 is 18.9 Å². The van der Waals surface area contributed by atoms with Crippen LogP contribution in [0.15, 0.2) is 48.5 Å². The average molecular weight is 569 g/mol. The van der Waals surface area contributed by atoms with E-state index in [1.807, 2.05) is 30.3 Å². The van der Waals surface area contributed by atoms with Crippen LogP contribution in [0.1, 0.15) is 61.9 Å². The lowest BCUT2D eigenvalue weighted by Gasteiger charge is -2.60. The molecule has 206 valence electrons. The SMILES string of the molecule is CC1(C)C2C[C@@H]1CC1OB(C(CC3CC3)NC(=O)[C@H](Cc3ccccc3)NC(=O)c3cc(Cl)ccc3Cl)OC12. The Morgan fingerprint density at radius 3 is 2.54 bits per heavy atom. The van der Waals surface area contributed by atoms with Crippen molar-refractivity contribution in [2.45, 2.75) is 76.6 Å². The molecule has 7 rings (SSSR count). The van der Waals surface area contributed by atoms with Gasteiger partial charge >= 0.3 is 7.12 Å². The summed E-state index contributed by atoms with van der Waals surface area (Å²) < 4.78 is 13.0. The lowest BCUT2D eigenvalue weighted by atomic mass is 9.47. The first-order chi connectivity index (χ1) is 18.7. The molecule has 4 unspecified atom stereocenters. The third-order valence-corrected chi connectivity index (χ3v) is 10.0. The van der Waals surface area contributed by atoms with Crippen molar-refractivity contribution in [3.63, 3.8) is 0 Å². The monoisotopic (exact) mass is 568 g/mol. The number of amides is 2. The van der Waals surface area contributed by atoms with E-state index in [0.717, 1.165) is 31.2 Å². The molecule has 0 aromatic heterocycles. The number of rotatable bonds is 9. The van der Waals surface area contributed by atoms with Crippen LogP contribution in [0.3, 0.4) is 0 Å². The van der Waals surface area contributed by atoms with Crippen molar-refractivity contribution in [3.8, 4) is 0 Å². The number of carbonyl (C=O) groups excluding carboxylic acids is 2. The highest BCUT2D eigenvalue weighted by molar-refractivity contribution is 6.47. The van der Waals surface area contributed by atoms with Crippen molar-refractivity contribution >= 4 is 42.1 Å². The predicted molar refractivity (Wildman–Crippen MR) is 153 cm³/mol. The van der Waals surface area contributed by atoms with E-state index in [4.69, 9.17) is 32.5 Å². The normalized spacial score (nSPS) is 28.2. The molecule has 1 saturated heterocycles. The summed E-state index contributed by atoms with van der Waals surface area (Å²) in [5, 5.41) is 6.82. The quantitative estimate of drug-likeness (QED) is 0.392. The van der Waals surface area contributed by atoms with Gasteiger partial charge in [0.15, 0.2) is 0 Å². The maximum atomic E-state index is 13.8. The largest absolute Gasteiger partial charge is 0.481 e. The summed E-state index contributed by atoms with van der Waals surface area (Å²) in [4.78, 5) is 27.1. The Labute approximate surface area is 240 Å². The van der Waals surface area contributed by atoms with Gasteiger partial charge in [0.05, 0.1) is 28.7 Å². The molecule has 4 aliphatic carbocycles. The fourth-order valence-electron chi connectivity index (χ4n) is 6.75. The van der Waals surface area contributed by atoms with E-state index in [0.29, 0.717) is 29.2 Å². The van der Waals surface area contributed by atoms with Crippen molar-refractivity contribution in [1.82, 2.24) is 10.6 Å². The van der Waals surface area contributed by atoms with Crippen LogP contribution in [0, 0.1) is 23.2 Å². The molecule has 0 radical (unpaired) electrons. The molecule has 4 saturated carbocycles. The van der Waals surface area contributed by atoms with Gasteiger partial charge in [-0.1, -0.05) is 80.2 Å². The van der Waals surface area contributed by atoms with Crippen molar-refractivity contribution in [3.05, 3.63) is 69.7 Å². The Hall–Kier alpha value is -2.06. The summed E-state index contributed by atoms with van der Waals surface area (Å²) in [5.74, 6) is 0.743. The zero-order chi connectivity index (χ0) is 27.3. The van der Waals surface area contributed by atoms with Crippen LogP contribution < -0.4 is 10.6 Å². The molecule has 6 atom stereocenters. The zero-order valence-electron chi connectivity index (χ0n) is 22.4. The van der Waals surface area contributed by atoms with Crippen LogP contribution in [0.25, 0.3) is 0 Å². The van der Waals surface area contributed by atoms with E-state index in [2.05, 4.69) is 24.5 Å². The van der Waals surface area contributed by atoms with E-state index in [-0.39, 0.29) is 40.1 Å². The van der Waals surface area contributed by atoms with Crippen LogP contribution in [-0.2, 0) is 20.5 Å². The summed E-state index contributed by atoms with van der Waals surface area (Å²) >= 11 is 12.4. The minimum atomic E-state index is -0.813. The lowest BCUT2D eigenvalue weighted by molar-refractivity contribution is -0.150. The van der Waals surface area contributed by atoms with Crippen molar-refractivity contribution in [2.24, 2.45) is 23.2 Å². The molecule has 2 aromatic carbocycles. The Bertz CT molecular complexity index is 1240. The molecule has 5 aliphatic rings. The second-order valence-corrected chi connectivity index (χ2v) is 13.2. The van der Waals surface area contributed by atoms with Crippen LogP contribution in [0.2, 0.25) is 10.0 Å². The molecule has 39 heavy (non-hydrogen) atoms. The minimum Gasteiger partial charge on any atom is -0.404 e. The standard InChI is InChI=1S/C30H35BCl2N2O4/c1-30(2)19-14-22(30)27-25(15-19)38-31(39-27)26(13-18-8-9-18)35-29(37)24(12-17-6-4-3-5-7-17)34-28(36)21-16-20(32)10-11-23(21)33/h3-7,10-11,16,18-19,22,24-27H,8-9,12-15H2,1-2H3,(H,34,36)(H,35,37)/t19-,22?,24+,25?,26?,27?/m1/s1. The zero-order valence-corrected chi connectivity index (χ0v) is 23.9. The molecule has 5 fully saturated rings. The summed E-state index contributed by atoms with van der Waals surface area (Å²) in [6.45, 7) is 4.68. The minimum absolute atomic E-state index is 0.0818. The molecule has 2 N–H and O–H groups in total.